The molecule has 0 spiro atoms. The van der Waals surface area contributed by atoms with Crippen molar-refractivity contribution in [1.29, 1.82) is 10.5 Å². The predicted octanol–water partition coefficient (Wildman–Crippen LogP) is -0.0855. The molecule has 0 saturated carbocycles. The van der Waals surface area contributed by atoms with Crippen molar-refractivity contribution >= 4 is 48.5 Å². The molecule has 2 aliphatic heterocycles. The molecule has 0 bridgehead atoms. The fourth-order valence-electron chi connectivity index (χ4n) is 3.69. The van der Waals surface area contributed by atoms with Crippen LogP contribution in [0.4, 0.5) is 0 Å². The Hall–Kier alpha value is -1.06. The summed E-state index contributed by atoms with van der Waals surface area (Å²) in [5, 5.41) is 31.0. The van der Waals surface area contributed by atoms with E-state index in [1.807, 2.05) is 29.7 Å². The summed E-state index contributed by atoms with van der Waals surface area (Å²) >= 11 is 8.96. The Kier molecular flexibility index (Phi) is 14.7. The van der Waals surface area contributed by atoms with Crippen molar-refractivity contribution in [3.63, 3.8) is 0 Å². The molecule has 0 fully saturated rings. The number of nitrogens with two attached hydrogens (primary N) is 1. The Morgan fingerprint density at radius 2 is 1.73 bits per heavy atom. The molecule has 202 valence electrons. The van der Waals surface area contributed by atoms with Crippen molar-refractivity contribution in [3.05, 3.63) is 103 Å². The Morgan fingerprint density at radius 1 is 1.05 bits per heavy atom. The molecular formula is C25H21ClN5Na2O5PS2. The smallest absolute Gasteiger partial charge is 0.672 e. The van der Waals surface area contributed by atoms with Gasteiger partial charge < -0.3 is 30.9 Å². The SMILES string of the molecule is N#CC1=C(N)[N-]C(SCC2=CSC(c3ccc(Cl)cc3)[N-]2)C(C#N)=C1c1ccc(OCCOP(=O)(O)O)cc1.[Na+].[Na+]. The molecule has 2 aromatic rings. The third-order valence-electron chi connectivity index (χ3n) is 5.43. The number of thioether (sulfide) groups is 2. The zero-order valence-corrected chi connectivity index (χ0v) is 29.4. The van der Waals surface area contributed by atoms with Gasteiger partial charge in [-0.1, -0.05) is 47.3 Å². The van der Waals surface area contributed by atoms with Crippen LogP contribution in [0.15, 0.2) is 76.6 Å². The normalized spacial score (nSPS) is 18.1. The maximum atomic E-state index is 10.8. The van der Waals surface area contributed by atoms with Gasteiger partial charge in [-0.3, -0.25) is 4.52 Å². The van der Waals surface area contributed by atoms with Gasteiger partial charge in [0.05, 0.1) is 29.9 Å². The molecule has 2 unspecified atom stereocenters. The first kappa shape index (κ1) is 36.1. The van der Waals surface area contributed by atoms with E-state index in [1.165, 1.54) is 11.8 Å². The zero-order chi connectivity index (χ0) is 28.0. The van der Waals surface area contributed by atoms with Crippen molar-refractivity contribution in [2.75, 3.05) is 19.0 Å². The summed E-state index contributed by atoms with van der Waals surface area (Å²) in [4.78, 5) is 17.5. The number of hydrogen-bond acceptors (Lipinski definition) is 8. The number of ether oxygens (including phenoxy) is 1. The van der Waals surface area contributed by atoms with Gasteiger partial charge in [0, 0.05) is 16.0 Å². The molecule has 2 aromatic carbocycles. The van der Waals surface area contributed by atoms with Gasteiger partial charge in [-0.2, -0.15) is 22.3 Å². The van der Waals surface area contributed by atoms with Crippen LogP contribution in [0.25, 0.3) is 16.2 Å². The van der Waals surface area contributed by atoms with Crippen LogP contribution < -0.4 is 69.6 Å². The molecule has 0 saturated heterocycles. The number of allylic oxidation sites excluding steroid dienone is 2. The van der Waals surface area contributed by atoms with E-state index in [9.17, 15) is 15.1 Å². The quantitative estimate of drug-likeness (QED) is 0.179. The third-order valence-corrected chi connectivity index (χ3v) is 8.36. The Morgan fingerprint density at radius 3 is 2.34 bits per heavy atom. The molecule has 2 aliphatic rings. The second kappa shape index (κ2) is 16.7. The molecule has 0 radical (unpaired) electrons. The van der Waals surface area contributed by atoms with E-state index in [0.29, 0.717) is 33.2 Å². The number of benzene rings is 2. The monoisotopic (exact) mass is 647 g/mol. The Bertz CT molecular complexity index is 1460. The molecule has 0 aromatic heterocycles. The molecule has 4 N–H and O–H groups in total. The van der Waals surface area contributed by atoms with E-state index < -0.39 is 13.2 Å². The average molecular weight is 648 g/mol. The van der Waals surface area contributed by atoms with Gasteiger partial charge in [-0.25, -0.2) is 4.57 Å². The van der Waals surface area contributed by atoms with Crippen LogP contribution in [0, 0.1) is 22.7 Å². The largest absolute Gasteiger partial charge is 1.00 e. The summed E-state index contributed by atoms with van der Waals surface area (Å²) in [5.74, 6) is 0.948. The van der Waals surface area contributed by atoms with Crippen molar-refractivity contribution in [1.82, 2.24) is 0 Å². The molecule has 0 aliphatic carbocycles. The number of nitrogens with zero attached hydrogens (tertiary/aromatic N) is 4. The molecule has 2 heterocycles. The first-order valence-corrected chi connectivity index (χ1v) is 15.2. The Balaban J connectivity index is 0.00000294. The van der Waals surface area contributed by atoms with Gasteiger partial charge in [0.2, 0.25) is 0 Å². The summed E-state index contributed by atoms with van der Waals surface area (Å²) in [6, 6.07) is 18.4. The minimum absolute atomic E-state index is 0. The van der Waals surface area contributed by atoms with E-state index >= 15 is 0 Å². The van der Waals surface area contributed by atoms with E-state index in [0.717, 1.165) is 11.3 Å². The summed E-state index contributed by atoms with van der Waals surface area (Å²) in [6.45, 7) is -0.377. The van der Waals surface area contributed by atoms with Gasteiger partial charge in [-0.15, -0.1) is 17.5 Å². The van der Waals surface area contributed by atoms with Crippen LogP contribution in [0.1, 0.15) is 16.5 Å². The molecule has 16 heteroatoms. The molecule has 41 heavy (non-hydrogen) atoms. The second-order valence-electron chi connectivity index (χ2n) is 8.04. The fraction of sp³-hybridized carbons (Fsp3) is 0.200. The van der Waals surface area contributed by atoms with Crippen LogP contribution in [0.5, 0.6) is 5.75 Å². The van der Waals surface area contributed by atoms with Gasteiger partial charge in [0.1, 0.15) is 12.4 Å². The maximum absolute atomic E-state index is 10.8. The average Bonchev–Trinajstić information content (AvgIpc) is 3.39. The van der Waals surface area contributed by atoms with Crippen molar-refractivity contribution < 1.29 is 82.7 Å². The van der Waals surface area contributed by atoms with Crippen molar-refractivity contribution in [3.8, 4) is 17.9 Å². The second-order valence-corrected chi connectivity index (χ2v) is 11.7. The summed E-state index contributed by atoms with van der Waals surface area (Å²) < 4.78 is 20.6. The van der Waals surface area contributed by atoms with E-state index in [-0.39, 0.29) is 89.1 Å². The van der Waals surface area contributed by atoms with Gasteiger partial charge >= 0.3 is 66.9 Å². The third kappa shape index (κ3) is 9.99. The minimum Gasteiger partial charge on any atom is -0.672 e. The summed E-state index contributed by atoms with van der Waals surface area (Å²) in [7, 11) is -4.57. The standard InChI is InChI=1S/C25H21ClN5O5PS2.2Na/c26-17-5-1-16(2-6-17)24-30-18(13-38-24)14-39-25-21(12-28)22(20(11-27)23(29)31-25)15-3-7-19(8-4-15)35-9-10-36-37(32,33)34;;/h1-8,13,24-25H,9-10,14,29H2,(H2,32,33,34);;/q-2;2*+1. The van der Waals surface area contributed by atoms with Crippen molar-refractivity contribution in [2.24, 2.45) is 5.73 Å². The first-order valence-electron chi connectivity index (χ1n) is 11.3. The summed E-state index contributed by atoms with van der Waals surface area (Å²) in [6.07, 6.45) is 0. The zero-order valence-electron chi connectivity index (χ0n) is 22.1. The van der Waals surface area contributed by atoms with Crippen LogP contribution >= 0.6 is 42.9 Å². The van der Waals surface area contributed by atoms with E-state index in [2.05, 4.69) is 22.0 Å². The first-order chi connectivity index (χ1) is 18.7. The number of phosphoric ester groups is 1. The number of rotatable bonds is 10. The summed E-state index contributed by atoms with van der Waals surface area (Å²) in [5.41, 5.74) is 9.42. The van der Waals surface area contributed by atoms with Crippen molar-refractivity contribution in [2.45, 2.75) is 10.7 Å². The molecule has 0 amide bonds. The number of nitriles is 2. The van der Waals surface area contributed by atoms with Crippen LogP contribution in [-0.4, -0.2) is 34.1 Å². The number of phosphoric acid groups is 1. The fourth-order valence-corrected chi connectivity index (χ4v) is 6.19. The predicted molar refractivity (Wildman–Crippen MR) is 152 cm³/mol. The molecule has 4 rings (SSSR count). The van der Waals surface area contributed by atoms with Gasteiger partial charge in [0.15, 0.2) is 0 Å². The molecular weight excluding hydrogens is 627 g/mol. The minimum atomic E-state index is -4.57. The van der Waals surface area contributed by atoms with Gasteiger partial charge in [0.25, 0.3) is 0 Å². The van der Waals surface area contributed by atoms with Crippen LogP contribution in [-0.2, 0) is 9.09 Å². The van der Waals surface area contributed by atoms with Gasteiger partial charge in [-0.05, 0) is 46.4 Å². The molecule has 10 nitrogen and oxygen atoms in total. The van der Waals surface area contributed by atoms with Crippen LogP contribution in [0.3, 0.4) is 0 Å². The topological polar surface area (TPSA) is 178 Å². The Labute approximate surface area is 295 Å². The number of hydrogen-bond donors (Lipinski definition) is 3. The van der Waals surface area contributed by atoms with E-state index in [1.54, 1.807) is 36.0 Å². The number of halogens is 1. The van der Waals surface area contributed by atoms with Crippen LogP contribution in [0.2, 0.25) is 5.02 Å². The van der Waals surface area contributed by atoms with E-state index in [4.69, 9.17) is 37.2 Å². The molecule has 2 atom stereocenters. The maximum Gasteiger partial charge on any atom is 1.00 e.